The smallest absolute Gasteiger partial charge is 0.408 e. The first-order valence-electron chi connectivity index (χ1n) is 10.0. The molecule has 7 heteroatoms. The molecule has 0 fully saturated rings. The fourth-order valence-electron chi connectivity index (χ4n) is 2.87. The van der Waals surface area contributed by atoms with Crippen LogP contribution < -0.4 is 10.6 Å². The summed E-state index contributed by atoms with van der Waals surface area (Å²) < 4.78 is 5.34. The average molecular weight is 418 g/mol. The molecule has 0 saturated heterocycles. The van der Waals surface area contributed by atoms with Crippen molar-refractivity contribution in [1.82, 2.24) is 15.6 Å². The first kappa shape index (κ1) is 22.9. The SMILES string of the molecule is CCCC[C@H](NC(=O)OC(C)(C)C)C(=O)NC(Cc1ccncc1)c1cccs1. The molecule has 2 atom stereocenters. The molecule has 0 aliphatic heterocycles. The highest BCUT2D eigenvalue weighted by atomic mass is 32.1. The predicted octanol–water partition coefficient (Wildman–Crippen LogP) is 4.63. The van der Waals surface area contributed by atoms with Gasteiger partial charge < -0.3 is 15.4 Å². The number of aromatic nitrogens is 1. The van der Waals surface area contributed by atoms with Crippen molar-refractivity contribution in [3.63, 3.8) is 0 Å². The number of nitrogens with zero attached hydrogens (tertiary/aromatic N) is 1. The monoisotopic (exact) mass is 417 g/mol. The lowest BCUT2D eigenvalue weighted by Gasteiger charge is -2.25. The maximum atomic E-state index is 13.1. The van der Waals surface area contributed by atoms with Crippen molar-refractivity contribution < 1.29 is 14.3 Å². The topological polar surface area (TPSA) is 80.3 Å². The number of hydrogen-bond acceptors (Lipinski definition) is 5. The van der Waals surface area contributed by atoms with Crippen LogP contribution >= 0.6 is 11.3 Å². The van der Waals surface area contributed by atoms with E-state index < -0.39 is 17.7 Å². The van der Waals surface area contributed by atoms with Crippen LogP contribution in [0.25, 0.3) is 0 Å². The van der Waals surface area contributed by atoms with Crippen molar-refractivity contribution in [2.45, 2.75) is 71.1 Å². The zero-order valence-corrected chi connectivity index (χ0v) is 18.4. The van der Waals surface area contributed by atoms with Crippen LogP contribution in [-0.2, 0) is 16.0 Å². The number of rotatable bonds is 9. The summed E-state index contributed by atoms with van der Waals surface area (Å²) >= 11 is 1.60. The van der Waals surface area contributed by atoms with Crippen LogP contribution in [0.2, 0.25) is 0 Å². The van der Waals surface area contributed by atoms with Gasteiger partial charge in [0.05, 0.1) is 6.04 Å². The van der Waals surface area contributed by atoms with E-state index in [1.807, 2.05) is 29.6 Å². The summed E-state index contributed by atoms with van der Waals surface area (Å²) in [6.07, 6.45) is 5.91. The van der Waals surface area contributed by atoms with Gasteiger partial charge in [-0.1, -0.05) is 25.8 Å². The number of carbonyl (C=O) groups excluding carboxylic acids is 2. The molecule has 2 N–H and O–H groups in total. The molecule has 2 rings (SSSR count). The number of pyridine rings is 1. The third kappa shape index (κ3) is 8.23. The standard InChI is InChI=1S/C22H31N3O3S/c1-5-6-8-17(25-21(27)28-22(2,3)4)20(26)24-18(19-9-7-14-29-19)15-16-10-12-23-13-11-16/h7,9-14,17-18H,5-6,8,15H2,1-4H3,(H,24,26)(H,25,27)/t17-,18?/m0/s1. The summed E-state index contributed by atoms with van der Waals surface area (Å²) in [5.74, 6) is -0.197. The lowest BCUT2D eigenvalue weighted by Crippen LogP contribution is -2.49. The van der Waals surface area contributed by atoms with E-state index in [1.54, 1.807) is 44.5 Å². The molecule has 1 unspecified atom stereocenters. The maximum absolute atomic E-state index is 13.1. The highest BCUT2D eigenvalue weighted by Gasteiger charge is 2.26. The number of ether oxygens (including phenoxy) is 1. The van der Waals surface area contributed by atoms with Gasteiger partial charge in [-0.3, -0.25) is 9.78 Å². The summed E-state index contributed by atoms with van der Waals surface area (Å²) in [7, 11) is 0. The van der Waals surface area contributed by atoms with Gasteiger partial charge in [0, 0.05) is 17.3 Å². The largest absolute Gasteiger partial charge is 0.444 e. The quantitative estimate of drug-likeness (QED) is 0.623. The van der Waals surface area contributed by atoms with E-state index in [2.05, 4.69) is 22.5 Å². The van der Waals surface area contributed by atoms with Gasteiger partial charge in [-0.05, 0) is 62.8 Å². The zero-order chi connectivity index (χ0) is 21.3. The van der Waals surface area contributed by atoms with Crippen molar-refractivity contribution in [1.29, 1.82) is 0 Å². The van der Waals surface area contributed by atoms with E-state index in [0.29, 0.717) is 12.8 Å². The summed E-state index contributed by atoms with van der Waals surface area (Å²) in [6.45, 7) is 7.46. The highest BCUT2D eigenvalue weighted by Crippen LogP contribution is 2.23. The molecule has 6 nitrogen and oxygen atoms in total. The Morgan fingerprint density at radius 3 is 2.48 bits per heavy atom. The third-order valence-electron chi connectivity index (χ3n) is 4.25. The Balaban J connectivity index is 2.11. The van der Waals surface area contributed by atoms with Crippen molar-refractivity contribution >= 4 is 23.3 Å². The molecule has 0 spiro atoms. The number of alkyl carbamates (subject to hydrolysis) is 1. The van der Waals surface area contributed by atoms with Crippen LogP contribution in [0.3, 0.4) is 0 Å². The van der Waals surface area contributed by atoms with E-state index in [4.69, 9.17) is 4.74 Å². The second-order valence-corrected chi connectivity index (χ2v) is 8.96. The Hall–Kier alpha value is -2.41. The Morgan fingerprint density at radius 2 is 1.90 bits per heavy atom. The first-order chi connectivity index (χ1) is 13.8. The summed E-state index contributed by atoms with van der Waals surface area (Å²) in [6, 6.07) is 7.07. The minimum atomic E-state index is -0.635. The van der Waals surface area contributed by atoms with E-state index in [9.17, 15) is 9.59 Å². The van der Waals surface area contributed by atoms with Gasteiger partial charge in [-0.2, -0.15) is 0 Å². The number of hydrogen-bond donors (Lipinski definition) is 2. The Kier molecular flexibility index (Phi) is 8.64. The molecule has 2 aromatic heterocycles. The van der Waals surface area contributed by atoms with Crippen LogP contribution in [0, 0.1) is 0 Å². The van der Waals surface area contributed by atoms with E-state index >= 15 is 0 Å². The van der Waals surface area contributed by atoms with Gasteiger partial charge >= 0.3 is 6.09 Å². The summed E-state index contributed by atoms with van der Waals surface area (Å²) in [4.78, 5) is 30.4. The molecule has 0 saturated carbocycles. The van der Waals surface area contributed by atoms with Crippen LogP contribution in [-0.4, -0.2) is 28.6 Å². The molecule has 158 valence electrons. The van der Waals surface area contributed by atoms with Gasteiger partial charge in [0.1, 0.15) is 11.6 Å². The molecule has 0 radical (unpaired) electrons. The first-order valence-corrected chi connectivity index (χ1v) is 10.9. The molecule has 2 aromatic rings. The molecular weight excluding hydrogens is 386 g/mol. The lowest BCUT2D eigenvalue weighted by molar-refractivity contribution is -0.124. The predicted molar refractivity (Wildman–Crippen MR) is 116 cm³/mol. The van der Waals surface area contributed by atoms with Gasteiger partial charge in [0.15, 0.2) is 0 Å². The second-order valence-electron chi connectivity index (χ2n) is 7.98. The van der Waals surface area contributed by atoms with Crippen molar-refractivity contribution in [2.75, 3.05) is 0 Å². The van der Waals surface area contributed by atoms with Gasteiger partial charge in [0.2, 0.25) is 5.91 Å². The Morgan fingerprint density at radius 1 is 1.17 bits per heavy atom. The number of amides is 2. The normalized spacial score (nSPS) is 13.4. The molecule has 0 bridgehead atoms. The van der Waals surface area contributed by atoms with E-state index in [1.165, 1.54) is 0 Å². The molecule has 29 heavy (non-hydrogen) atoms. The maximum Gasteiger partial charge on any atom is 0.408 e. The van der Waals surface area contributed by atoms with Gasteiger partial charge in [0.25, 0.3) is 0 Å². The minimum absolute atomic E-state index is 0.172. The molecule has 2 heterocycles. The Labute approximate surface area is 177 Å². The molecule has 0 aliphatic rings. The summed E-state index contributed by atoms with van der Waals surface area (Å²) in [5, 5.41) is 7.86. The molecule has 2 amide bonds. The van der Waals surface area contributed by atoms with Gasteiger partial charge in [-0.25, -0.2) is 4.79 Å². The van der Waals surface area contributed by atoms with Crippen molar-refractivity contribution in [3.05, 3.63) is 52.5 Å². The van der Waals surface area contributed by atoms with Crippen molar-refractivity contribution in [2.24, 2.45) is 0 Å². The molecular formula is C22H31N3O3S. The number of unbranched alkanes of at least 4 members (excludes halogenated alkanes) is 1. The van der Waals surface area contributed by atoms with Crippen LogP contribution in [0.5, 0.6) is 0 Å². The van der Waals surface area contributed by atoms with Crippen LogP contribution in [0.4, 0.5) is 4.79 Å². The van der Waals surface area contributed by atoms with Gasteiger partial charge in [-0.15, -0.1) is 11.3 Å². The molecule has 0 aliphatic carbocycles. The average Bonchev–Trinajstić information content (AvgIpc) is 3.18. The number of thiophene rings is 1. The van der Waals surface area contributed by atoms with E-state index in [0.717, 1.165) is 23.3 Å². The Bertz CT molecular complexity index is 757. The van der Waals surface area contributed by atoms with E-state index in [-0.39, 0.29) is 11.9 Å². The molecule has 0 aromatic carbocycles. The number of nitrogens with one attached hydrogen (secondary N) is 2. The zero-order valence-electron chi connectivity index (χ0n) is 17.6. The minimum Gasteiger partial charge on any atom is -0.444 e. The van der Waals surface area contributed by atoms with Crippen LogP contribution in [0.1, 0.15) is 63.4 Å². The van der Waals surface area contributed by atoms with Crippen molar-refractivity contribution in [3.8, 4) is 0 Å². The third-order valence-corrected chi connectivity index (χ3v) is 5.23. The fraction of sp³-hybridized carbons (Fsp3) is 0.500. The fourth-order valence-corrected chi connectivity index (χ4v) is 3.64. The van der Waals surface area contributed by atoms with Crippen LogP contribution in [0.15, 0.2) is 42.0 Å². The second kappa shape index (κ2) is 11.0. The highest BCUT2D eigenvalue weighted by molar-refractivity contribution is 7.10. The summed E-state index contributed by atoms with van der Waals surface area (Å²) in [5.41, 5.74) is 0.473. The lowest BCUT2D eigenvalue weighted by atomic mass is 10.0. The number of carbonyl (C=O) groups is 2.